The molecule has 0 atom stereocenters. The first kappa shape index (κ1) is 12.0. The lowest BCUT2D eigenvalue weighted by molar-refractivity contribution is 1.39. The highest BCUT2D eigenvalue weighted by atomic mass is 35.5. The number of thiol groups is 1. The van der Waals surface area contributed by atoms with Gasteiger partial charge in [-0.15, -0.1) is 12.6 Å². The van der Waals surface area contributed by atoms with Gasteiger partial charge in [0.15, 0.2) is 0 Å². The number of hydrogen-bond donors (Lipinski definition) is 1. The molecule has 78 valence electrons. The van der Waals surface area contributed by atoms with Gasteiger partial charge in [-0.25, -0.2) is 0 Å². The minimum Gasteiger partial charge on any atom is -0.270 e. The Morgan fingerprint density at radius 3 is 2.87 bits per heavy atom. The zero-order valence-electron chi connectivity index (χ0n) is 8.31. The number of rotatable bonds is 3. The van der Waals surface area contributed by atoms with Gasteiger partial charge in [-0.05, 0) is 19.7 Å². The average Bonchev–Trinajstić information content (AvgIpc) is 2.22. The molecule has 0 bridgehead atoms. The summed E-state index contributed by atoms with van der Waals surface area (Å²) >= 11 is 10.3. The Labute approximate surface area is 99.8 Å². The SMILES string of the molecule is C=N/C=C(\N=C/C)c1cccc(S)c1Cl. The molecule has 0 unspecified atom stereocenters. The molecule has 0 heterocycles. The smallest absolute Gasteiger partial charge is 0.0895 e. The summed E-state index contributed by atoms with van der Waals surface area (Å²) in [7, 11) is 0. The van der Waals surface area contributed by atoms with Gasteiger partial charge in [0.25, 0.3) is 0 Å². The molecule has 0 saturated heterocycles. The van der Waals surface area contributed by atoms with Crippen LogP contribution in [0.5, 0.6) is 0 Å². The van der Waals surface area contributed by atoms with E-state index >= 15 is 0 Å². The predicted octanol–water partition coefficient (Wildman–Crippen LogP) is 3.72. The van der Waals surface area contributed by atoms with Gasteiger partial charge in [0.2, 0.25) is 0 Å². The average molecular weight is 239 g/mol. The summed E-state index contributed by atoms with van der Waals surface area (Å²) < 4.78 is 0. The molecule has 0 fully saturated rings. The standard InChI is InChI=1S/C11H11ClN2S/c1-3-14-9(7-13-2)8-5-4-6-10(15)11(8)12/h3-7,15H,2H2,1H3/b9-7-,14-3-. The monoisotopic (exact) mass is 238 g/mol. The van der Waals surface area contributed by atoms with Crippen LogP contribution in [0, 0.1) is 0 Å². The van der Waals surface area contributed by atoms with Gasteiger partial charge >= 0.3 is 0 Å². The van der Waals surface area contributed by atoms with E-state index in [2.05, 4.69) is 29.3 Å². The second-order valence-electron chi connectivity index (χ2n) is 2.72. The van der Waals surface area contributed by atoms with E-state index in [0.29, 0.717) is 10.7 Å². The molecular weight excluding hydrogens is 228 g/mol. The van der Waals surface area contributed by atoms with Gasteiger partial charge < -0.3 is 0 Å². The van der Waals surface area contributed by atoms with Gasteiger partial charge in [0.1, 0.15) is 0 Å². The van der Waals surface area contributed by atoms with E-state index in [-0.39, 0.29) is 0 Å². The van der Waals surface area contributed by atoms with Crippen molar-refractivity contribution in [1.29, 1.82) is 0 Å². The summed E-state index contributed by atoms with van der Waals surface area (Å²) in [6.45, 7) is 5.23. The fourth-order valence-electron chi connectivity index (χ4n) is 1.12. The van der Waals surface area contributed by atoms with Crippen molar-refractivity contribution in [2.75, 3.05) is 0 Å². The van der Waals surface area contributed by atoms with Gasteiger partial charge in [-0.2, -0.15) is 0 Å². The van der Waals surface area contributed by atoms with Crippen molar-refractivity contribution in [3.05, 3.63) is 35.0 Å². The van der Waals surface area contributed by atoms with Crippen LogP contribution in [0.2, 0.25) is 5.02 Å². The number of benzene rings is 1. The minimum absolute atomic E-state index is 0.571. The summed E-state index contributed by atoms with van der Waals surface area (Å²) in [5.74, 6) is 0. The van der Waals surface area contributed by atoms with E-state index in [1.807, 2.05) is 25.1 Å². The van der Waals surface area contributed by atoms with Crippen LogP contribution in [0.25, 0.3) is 5.70 Å². The molecule has 0 radical (unpaired) electrons. The van der Waals surface area contributed by atoms with Crippen LogP contribution in [-0.4, -0.2) is 12.9 Å². The van der Waals surface area contributed by atoms with Crippen LogP contribution in [0.15, 0.2) is 39.3 Å². The third kappa shape index (κ3) is 2.94. The Bertz CT molecular complexity index is 425. The van der Waals surface area contributed by atoms with E-state index < -0.39 is 0 Å². The second-order valence-corrected chi connectivity index (χ2v) is 3.58. The summed E-state index contributed by atoms with van der Waals surface area (Å²) in [6, 6.07) is 5.56. The molecule has 0 spiro atoms. The molecule has 0 aliphatic carbocycles. The Morgan fingerprint density at radius 1 is 1.53 bits per heavy atom. The highest BCUT2D eigenvalue weighted by Crippen LogP contribution is 2.29. The maximum absolute atomic E-state index is 6.11. The highest BCUT2D eigenvalue weighted by Gasteiger charge is 2.06. The molecule has 1 aromatic carbocycles. The maximum Gasteiger partial charge on any atom is 0.0895 e. The molecule has 1 rings (SSSR count). The van der Waals surface area contributed by atoms with Crippen molar-refractivity contribution >= 4 is 42.9 Å². The molecule has 0 aromatic heterocycles. The molecule has 2 nitrogen and oxygen atoms in total. The minimum atomic E-state index is 0.571. The van der Waals surface area contributed by atoms with Gasteiger partial charge in [-0.1, -0.05) is 23.7 Å². The van der Waals surface area contributed by atoms with E-state index in [4.69, 9.17) is 11.6 Å². The second kappa shape index (κ2) is 5.73. The van der Waals surface area contributed by atoms with Crippen molar-refractivity contribution in [3.8, 4) is 0 Å². The first-order chi connectivity index (χ1) is 7.20. The Hall–Kier alpha value is -1.06. The quantitative estimate of drug-likeness (QED) is 0.613. The summed E-state index contributed by atoms with van der Waals surface area (Å²) in [6.07, 6.45) is 3.24. The fraction of sp³-hybridized carbons (Fsp3) is 0.0909. The third-order valence-corrected chi connectivity index (χ3v) is 2.65. The van der Waals surface area contributed by atoms with Gasteiger partial charge in [-0.3, -0.25) is 9.98 Å². The van der Waals surface area contributed by atoms with Crippen LogP contribution in [0.1, 0.15) is 12.5 Å². The van der Waals surface area contributed by atoms with Crippen LogP contribution in [-0.2, 0) is 0 Å². The molecular formula is C11H11ClN2S. The van der Waals surface area contributed by atoms with E-state index in [0.717, 1.165) is 10.5 Å². The first-order valence-electron chi connectivity index (χ1n) is 4.33. The topological polar surface area (TPSA) is 24.7 Å². The normalized spacial score (nSPS) is 12.1. The van der Waals surface area contributed by atoms with Gasteiger partial charge in [0.05, 0.1) is 16.9 Å². The molecule has 0 saturated carbocycles. The fourth-order valence-corrected chi connectivity index (χ4v) is 1.54. The van der Waals surface area contributed by atoms with Crippen molar-refractivity contribution in [1.82, 2.24) is 0 Å². The molecule has 0 aliphatic heterocycles. The van der Waals surface area contributed by atoms with Crippen molar-refractivity contribution in [2.24, 2.45) is 9.98 Å². The largest absolute Gasteiger partial charge is 0.270 e. The highest BCUT2D eigenvalue weighted by molar-refractivity contribution is 7.80. The molecule has 4 heteroatoms. The number of aliphatic imine (C=N–C) groups is 2. The lowest BCUT2D eigenvalue weighted by Crippen LogP contribution is -1.84. The van der Waals surface area contributed by atoms with Crippen molar-refractivity contribution in [2.45, 2.75) is 11.8 Å². The maximum atomic E-state index is 6.11. The Morgan fingerprint density at radius 2 is 2.27 bits per heavy atom. The van der Waals surface area contributed by atoms with Crippen LogP contribution in [0.3, 0.4) is 0 Å². The Balaban J connectivity index is 3.29. The van der Waals surface area contributed by atoms with E-state index in [1.165, 1.54) is 0 Å². The van der Waals surface area contributed by atoms with Crippen molar-refractivity contribution in [3.63, 3.8) is 0 Å². The number of hydrogen-bond acceptors (Lipinski definition) is 3. The summed E-state index contributed by atoms with van der Waals surface area (Å²) in [5.41, 5.74) is 1.48. The lowest BCUT2D eigenvalue weighted by atomic mass is 10.2. The first-order valence-corrected chi connectivity index (χ1v) is 5.15. The zero-order valence-corrected chi connectivity index (χ0v) is 9.96. The molecule has 15 heavy (non-hydrogen) atoms. The van der Waals surface area contributed by atoms with Crippen LogP contribution < -0.4 is 0 Å². The number of nitrogens with zero attached hydrogens (tertiary/aromatic N) is 2. The van der Waals surface area contributed by atoms with E-state index in [1.54, 1.807) is 12.4 Å². The van der Waals surface area contributed by atoms with Gasteiger partial charge in [0, 0.05) is 16.7 Å². The molecule has 1 aromatic rings. The van der Waals surface area contributed by atoms with Crippen LogP contribution in [0.4, 0.5) is 0 Å². The molecule has 0 amide bonds. The third-order valence-electron chi connectivity index (χ3n) is 1.74. The summed E-state index contributed by atoms with van der Waals surface area (Å²) in [5, 5.41) is 0.571. The molecule has 0 N–H and O–H groups in total. The molecule has 0 aliphatic rings. The van der Waals surface area contributed by atoms with Crippen molar-refractivity contribution < 1.29 is 0 Å². The summed E-state index contributed by atoms with van der Waals surface area (Å²) in [4.78, 5) is 8.58. The van der Waals surface area contributed by atoms with Crippen LogP contribution >= 0.6 is 24.2 Å². The predicted molar refractivity (Wildman–Crippen MR) is 70.4 cm³/mol. The number of halogens is 1. The lowest BCUT2D eigenvalue weighted by Gasteiger charge is -2.05. The Kier molecular flexibility index (Phi) is 4.59. The van der Waals surface area contributed by atoms with E-state index in [9.17, 15) is 0 Å². The zero-order chi connectivity index (χ0) is 11.3.